The van der Waals surface area contributed by atoms with E-state index in [2.05, 4.69) is 10.6 Å². The van der Waals surface area contributed by atoms with Gasteiger partial charge in [0.25, 0.3) is 5.91 Å². The zero-order valence-electron chi connectivity index (χ0n) is 11.1. The molecule has 106 valence electrons. The van der Waals surface area contributed by atoms with Gasteiger partial charge in [-0.1, -0.05) is 12.1 Å². The third-order valence-electron chi connectivity index (χ3n) is 3.17. The Labute approximate surface area is 120 Å². The van der Waals surface area contributed by atoms with Crippen molar-refractivity contribution in [2.75, 3.05) is 20.2 Å². The van der Waals surface area contributed by atoms with Crippen LogP contribution in [0.1, 0.15) is 28.8 Å². The Bertz CT molecular complexity index is 406. The predicted molar refractivity (Wildman–Crippen MR) is 77.8 cm³/mol. The van der Waals surface area contributed by atoms with Gasteiger partial charge in [-0.2, -0.15) is 0 Å². The molecule has 4 nitrogen and oxygen atoms in total. The lowest BCUT2D eigenvalue weighted by molar-refractivity contribution is 0.0950. The summed E-state index contributed by atoms with van der Waals surface area (Å²) < 4.78 is 5.06. The van der Waals surface area contributed by atoms with E-state index in [0.29, 0.717) is 24.8 Å². The summed E-state index contributed by atoms with van der Waals surface area (Å²) >= 11 is 0. The lowest BCUT2D eigenvalue weighted by Gasteiger charge is -2.11. The van der Waals surface area contributed by atoms with E-state index in [1.54, 1.807) is 7.11 Å². The summed E-state index contributed by atoms with van der Waals surface area (Å²) in [5, 5.41) is 6.33. The molecule has 1 heterocycles. The Morgan fingerprint density at radius 2 is 2.37 bits per heavy atom. The molecule has 0 spiro atoms. The molecule has 1 aromatic carbocycles. The van der Waals surface area contributed by atoms with Crippen molar-refractivity contribution >= 4 is 18.3 Å². The van der Waals surface area contributed by atoms with E-state index in [4.69, 9.17) is 4.74 Å². The van der Waals surface area contributed by atoms with Crippen LogP contribution in [0.15, 0.2) is 24.3 Å². The number of methoxy groups -OCH3 is 1. The number of halogens is 1. The molecule has 5 heteroatoms. The number of hydrogen-bond donors (Lipinski definition) is 2. The van der Waals surface area contributed by atoms with Gasteiger partial charge >= 0.3 is 0 Å². The second-order valence-electron chi connectivity index (χ2n) is 4.64. The number of amides is 1. The summed E-state index contributed by atoms with van der Waals surface area (Å²) in [4.78, 5) is 12.0. The van der Waals surface area contributed by atoms with E-state index >= 15 is 0 Å². The van der Waals surface area contributed by atoms with Crippen LogP contribution < -0.4 is 10.6 Å². The molecule has 2 N–H and O–H groups in total. The fourth-order valence-electron chi connectivity index (χ4n) is 2.22. The van der Waals surface area contributed by atoms with Gasteiger partial charge in [-0.25, -0.2) is 0 Å². The average Bonchev–Trinajstić information content (AvgIpc) is 2.90. The van der Waals surface area contributed by atoms with Crippen molar-refractivity contribution < 1.29 is 9.53 Å². The Morgan fingerprint density at radius 1 is 1.53 bits per heavy atom. The predicted octanol–water partition coefficient (Wildman–Crippen LogP) is 1.74. The molecular formula is C14H21ClN2O2. The second kappa shape index (κ2) is 8.15. The molecular weight excluding hydrogens is 264 g/mol. The van der Waals surface area contributed by atoms with Gasteiger partial charge in [0, 0.05) is 25.3 Å². The number of carbonyl (C=O) groups is 1. The highest BCUT2D eigenvalue weighted by atomic mass is 35.5. The van der Waals surface area contributed by atoms with Gasteiger partial charge in [0.15, 0.2) is 0 Å². The Kier molecular flexibility index (Phi) is 6.84. The largest absolute Gasteiger partial charge is 0.380 e. The maximum Gasteiger partial charge on any atom is 0.251 e. The molecule has 1 atom stereocenters. The number of carbonyl (C=O) groups excluding carboxylic acids is 1. The highest BCUT2D eigenvalue weighted by Crippen LogP contribution is 2.07. The summed E-state index contributed by atoms with van der Waals surface area (Å²) in [5.74, 6) is -0.0124. The van der Waals surface area contributed by atoms with Crippen molar-refractivity contribution in [3.8, 4) is 0 Å². The van der Waals surface area contributed by atoms with Crippen molar-refractivity contribution in [1.29, 1.82) is 0 Å². The molecule has 2 rings (SSSR count). The quantitative estimate of drug-likeness (QED) is 0.866. The number of ether oxygens (including phenoxy) is 1. The second-order valence-corrected chi connectivity index (χ2v) is 4.64. The lowest BCUT2D eigenvalue weighted by atomic mass is 10.1. The van der Waals surface area contributed by atoms with Crippen LogP contribution >= 0.6 is 12.4 Å². The van der Waals surface area contributed by atoms with E-state index in [9.17, 15) is 4.79 Å². The fraction of sp³-hybridized carbons (Fsp3) is 0.500. The highest BCUT2D eigenvalue weighted by molar-refractivity contribution is 5.94. The smallest absolute Gasteiger partial charge is 0.251 e. The first-order valence-electron chi connectivity index (χ1n) is 6.39. The summed E-state index contributed by atoms with van der Waals surface area (Å²) in [7, 11) is 1.65. The summed E-state index contributed by atoms with van der Waals surface area (Å²) in [6, 6.07) is 7.98. The molecule has 0 aliphatic carbocycles. The fourth-order valence-corrected chi connectivity index (χ4v) is 2.22. The van der Waals surface area contributed by atoms with E-state index in [0.717, 1.165) is 18.5 Å². The van der Waals surface area contributed by atoms with E-state index in [1.165, 1.54) is 6.42 Å². The van der Waals surface area contributed by atoms with Crippen LogP contribution in [0.25, 0.3) is 0 Å². The molecule has 1 aliphatic rings. The SMILES string of the molecule is COCc1cccc(C(=O)NCC2CCCN2)c1.Cl. The number of nitrogens with one attached hydrogen (secondary N) is 2. The van der Waals surface area contributed by atoms with Crippen LogP contribution in [-0.4, -0.2) is 32.1 Å². The maximum atomic E-state index is 12.0. The van der Waals surface area contributed by atoms with Gasteiger partial charge in [0.2, 0.25) is 0 Å². The molecule has 1 aromatic rings. The molecule has 0 aromatic heterocycles. The monoisotopic (exact) mass is 284 g/mol. The van der Waals surface area contributed by atoms with Crippen LogP contribution in [0.2, 0.25) is 0 Å². The summed E-state index contributed by atoms with van der Waals surface area (Å²) in [6.45, 7) is 2.29. The number of hydrogen-bond acceptors (Lipinski definition) is 3. The number of rotatable bonds is 5. The van der Waals surface area contributed by atoms with Crippen LogP contribution in [0.4, 0.5) is 0 Å². The Hall–Kier alpha value is -1.10. The highest BCUT2D eigenvalue weighted by Gasteiger charge is 2.15. The Balaban J connectivity index is 0.00000180. The minimum atomic E-state index is -0.0124. The van der Waals surface area contributed by atoms with E-state index in [-0.39, 0.29) is 18.3 Å². The topological polar surface area (TPSA) is 50.4 Å². The zero-order chi connectivity index (χ0) is 12.8. The molecule has 19 heavy (non-hydrogen) atoms. The third kappa shape index (κ3) is 4.82. The first-order valence-corrected chi connectivity index (χ1v) is 6.39. The minimum absolute atomic E-state index is 0. The van der Waals surface area contributed by atoms with E-state index in [1.807, 2.05) is 24.3 Å². The number of benzene rings is 1. The Morgan fingerprint density at radius 3 is 3.05 bits per heavy atom. The van der Waals surface area contributed by atoms with Gasteiger partial charge < -0.3 is 15.4 Å². The van der Waals surface area contributed by atoms with Crippen molar-refractivity contribution in [3.05, 3.63) is 35.4 Å². The minimum Gasteiger partial charge on any atom is -0.380 e. The van der Waals surface area contributed by atoms with Crippen LogP contribution in [-0.2, 0) is 11.3 Å². The summed E-state index contributed by atoms with van der Waals surface area (Å²) in [5.41, 5.74) is 1.71. The van der Waals surface area contributed by atoms with Gasteiger partial charge in [-0.15, -0.1) is 12.4 Å². The van der Waals surface area contributed by atoms with Gasteiger partial charge in [-0.05, 0) is 37.1 Å². The first-order chi connectivity index (χ1) is 8.79. The van der Waals surface area contributed by atoms with Gasteiger partial charge in [-0.3, -0.25) is 4.79 Å². The van der Waals surface area contributed by atoms with Crippen molar-refractivity contribution in [1.82, 2.24) is 10.6 Å². The molecule has 0 radical (unpaired) electrons. The molecule has 1 fully saturated rings. The molecule has 1 saturated heterocycles. The standard InChI is InChI=1S/C14H20N2O2.ClH/c1-18-10-11-4-2-5-12(8-11)14(17)16-9-13-6-3-7-15-13;/h2,4-5,8,13,15H,3,6-7,9-10H2,1H3,(H,16,17);1H. The van der Waals surface area contributed by atoms with Crippen LogP contribution in [0.3, 0.4) is 0 Å². The molecule has 1 unspecified atom stereocenters. The van der Waals surface area contributed by atoms with Gasteiger partial charge in [0.1, 0.15) is 0 Å². The zero-order valence-corrected chi connectivity index (χ0v) is 12.0. The van der Waals surface area contributed by atoms with Crippen molar-refractivity contribution in [3.63, 3.8) is 0 Å². The summed E-state index contributed by atoms with van der Waals surface area (Å²) in [6.07, 6.45) is 2.34. The van der Waals surface area contributed by atoms with Crippen LogP contribution in [0, 0.1) is 0 Å². The molecule has 0 saturated carbocycles. The normalized spacial score (nSPS) is 17.8. The third-order valence-corrected chi connectivity index (χ3v) is 3.17. The average molecular weight is 285 g/mol. The van der Waals surface area contributed by atoms with Gasteiger partial charge in [0.05, 0.1) is 6.61 Å². The van der Waals surface area contributed by atoms with Crippen LogP contribution in [0.5, 0.6) is 0 Å². The van der Waals surface area contributed by atoms with E-state index < -0.39 is 0 Å². The maximum absolute atomic E-state index is 12.0. The van der Waals surface area contributed by atoms with Crippen molar-refractivity contribution in [2.45, 2.75) is 25.5 Å². The first kappa shape index (κ1) is 16.0. The molecule has 1 aliphatic heterocycles. The van der Waals surface area contributed by atoms with Crippen molar-refractivity contribution in [2.24, 2.45) is 0 Å². The molecule has 1 amide bonds. The lowest BCUT2D eigenvalue weighted by Crippen LogP contribution is -2.37. The molecule has 0 bridgehead atoms.